The minimum Gasteiger partial charge on any atom is -0.385 e. The van der Waals surface area contributed by atoms with Crippen molar-refractivity contribution in [1.82, 2.24) is 15.3 Å². The number of carbonyl (C=O) groups excluding carboxylic acids is 1. The predicted octanol–water partition coefficient (Wildman–Crippen LogP) is 4.27. The van der Waals surface area contributed by atoms with Gasteiger partial charge in [-0.1, -0.05) is 36.4 Å². The summed E-state index contributed by atoms with van der Waals surface area (Å²) in [5.41, 5.74) is 4.40. The molecule has 2 N–H and O–H groups in total. The van der Waals surface area contributed by atoms with E-state index in [1.165, 1.54) is 0 Å². The zero-order valence-corrected chi connectivity index (χ0v) is 17.0. The summed E-state index contributed by atoms with van der Waals surface area (Å²) in [6.07, 6.45) is 0.743. The molecule has 1 amide bonds. The van der Waals surface area contributed by atoms with Gasteiger partial charge in [-0.3, -0.25) is 4.79 Å². The second kappa shape index (κ2) is 9.80. The number of anilines is 2. The summed E-state index contributed by atoms with van der Waals surface area (Å²) in [5, 5.41) is 6.20. The van der Waals surface area contributed by atoms with E-state index in [0.717, 1.165) is 28.8 Å². The molecule has 0 saturated carbocycles. The minimum absolute atomic E-state index is 0.232. The zero-order valence-electron chi connectivity index (χ0n) is 17.0. The van der Waals surface area contributed by atoms with E-state index in [9.17, 15) is 4.79 Å². The van der Waals surface area contributed by atoms with Gasteiger partial charge in [0.05, 0.1) is 0 Å². The van der Waals surface area contributed by atoms with E-state index in [0.29, 0.717) is 30.5 Å². The molecule has 0 saturated heterocycles. The largest absolute Gasteiger partial charge is 0.385 e. The van der Waals surface area contributed by atoms with Gasteiger partial charge in [0, 0.05) is 37.6 Å². The molecule has 0 aliphatic heterocycles. The molecule has 6 heteroatoms. The number of nitrogens with zero attached hydrogens (tertiary/aromatic N) is 2. The van der Waals surface area contributed by atoms with Gasteiger partial charge in [0.1, 0.15) is 11.5 Å². The number of carbonyl (C=O) groups is 1. The van der Waals surface area contributed by atoms with Crippen LogP contribution in [-0.4, -0.2) is 36.1 Å². The third-order valence-corrected chi connectivity index (χ3v) is 4.30. The molecular weight excluding hydrogens is 364 g/mol. The molecule has 3 rings (SSSR count). The summed E-state index contributed by atoms with van der Waals surface area (Å²) in [5.74, 6) is 0.845. The van der Waals surface area contributed by atoms with Gasteiger partial charge < -0.3 is 15.4 Å². The van der Waals surface area contributed by atoms with Crippen molar-refractivity contribution in [1.29, 1.82) is 0 Å². The standard InChI is InChI=1S/C23H26N4O2/c1-16-12-17(2)14-19(13-16)25-21-15-20(23(28)24-10-7-11-29-3)26-22(27-21)18-8-5-4-6-9-18/h4-6,8-9,12-15H,7,10-11H2,1-3H3,(H,24,28)(H,25,26,27). The van der Waals surface area contributed by atoms with Crippen LogP contribution >= 0.6 is 0 Å². The molecule has 0 fully saturated rings. The van der Waals surface area contributed by atoms with E-state index in [2.05, 4.69) is 26.7 Å². The third-order valence-electron chi connectivity index (χ3n) is 4.30. The Hall–Kier alpha value is -3.25. The summed E-state index contributed by atoms with van der Waals surface area (Å²) in [6, 6.07) is 17.5. The fraction of sp³-hybridized carbons (Fsp3) is 0.261. The highest BCUT2D eigenvalue weighted by atomic mass is 16.5. The third kappa shape index (κ3) is 5.86. The zero-order chi connectivity index (χ0) is 20.6. The number of nitrogens with one attached hydrogen (secondary N) is 2. The summed E-state index contributed by atoms with van der Waals surface area (Å²) in [6.45, 7) is 5.22. The Balaban J connectivity index is 1.91. The van der Waals surface area contributed by atoms with E-state index < -0.39 is 0 Å². The first-order valence-corrected chi connectivity index (χ1v) is 9.62. The number of ether oxygens (including phenoxy) is 1. The van der Waals surface area contributed by atoms with Gasteiger partial charge >= 0.3 is 0 Å². The Bertz CT molecular complexity index is 954. The molecule has 0 bridgehead atoms. The highest BCUT2D eigenvalue weighted by molar-refractivity contribution is 5.93. The van der Waals surface area contributed by atoms with Crippen LogP contribution in [0, 0.1) is 13.8 Å². The van der Waals surface area contributed by atoms with Gasteiger partial charge in [0.25, 0.3) is 5.91 Å². The van der Waals surface area contributed by atoms with Crippen molar-refractivity contribution in [2.24, 2.45) is 0 Å². The maximum absolute atomic E-state index is 12.6. The van der Waals surface area contributed by atoms with E-state index in [-0.39, 0.29) is 5.91 Å². The number of amides is 1. The van der Waals surface area contributed by atoms with Crippen LogP contribution < -0.4 is 10.6 Å². The lowest BCUT2D eigenvalue weighted by molar-refractivity contribution is 0.0943. The number of benzene rings is 2. The van der Waals surface area contributed by atoms with Crippen molar-refractivity contribution in [2.45, 2.75) is 20.3 Å². The highest BCUT2D eigenvalue weighted by Gasteiger charge is 2.13. The molecule has 0 unspecified atom stereocenters. The SMILES string of the molecule is COCCCNC(=O)c1cc(Nc2cc(C)cc(C)c2)nc(-c2ccccc2)n1. The van der Waals surface area contributed by atoms with Gasteiger partial charge in [-0.05, 0) is 43.5 Å². The number of hydrogen-bond acceptors (Lipinski definition) is 5. The van der Waals surface area contributed by atoms with Crippen LogP contribution in [0.5, 0.6) is 0 Å². The lowest BCUT2D eigenvalue weighted by atomic mass is 10.1. The normalized spacial score (nSPS) is 10.6. The van der Waals surface area contributed by atoms with E-state index in [1.807, 2.05) is 56.3 Å². The molecule has 0 aliphatic rings. The Labute approximate surface area is 171 Å². The van der Waals surface area contributed by atoms with Gasteiger partial charge in [0.2, 0.25) is 0 Å². The first-order chi connectivity index (χ1) is 14.0. The lowest BCUT2D eigenvalue weighted by Gasteiger charge is -2.12. The number of aryl methyl sites for hydroxylation is 2. The van der Waals surface area contributed by atoms with E-state index in [1.54, 1.807) is 13.2 Å². The van der Waals surface area contributed by atoms with Crippen molar-refractivity contribution >= 4 is 17.4 Å². The highest BCUT2D eigenvalue weighted by Crippen LogP contribution is 2.22. The molecule has 6 nitrogen and oxygen atoms in total. The molecule has 0 spiro atoms. The Morgan fingerprint density at radius 1 is 1.00 bits per heavy atom. The summed E-state index contributed by atoms with van der Waals surface area (Å²) < 4.78 is 5.02. The number of rotatable bonds is 8. The molecule has 2 aromatic carbocycles. The second-order valence-electron chi connectivity index (χ2n) is 6.93. The van der Waals surface area contributed by atoms with Gasteiger partial charge in [0.15, 0.2) is 5.82 Å². The maximum atomic E-state index is 12.6. The summed E-state index contributed by atoms with van der Waals surface area (Å²) >= 11 is 0. The summed E-state index contributed by atoms with van der Waals surface area (Å²) in [7, 11) is 1.64. The van der Waals surface area contributed by atoms with E-state index in [4.69, 9.17) is 4.74 Å². The molecule has 29 heavy (non-hydrogen) atoms. The van der Waals surface area contributed by atoms with Gasteiger partial charge in [-0.15, -0.1) is 0 Å². The van der Waals surface area contributed by atoms with Crippen LogP contribution in [0.1, 0.15) is 28.0 Å². The molecule has 0 radical (unpaired) electrons. The van der Waals surface area contributed by atoms with Crippen LogP contribution in [-0.2, 0) is 4.74 Å². The average Bonchev–Trinajstić information content (AvgIpc) is 2.70. The Morgan fingerprint density at radius 3 is 2.41 bits per heavy atom. The van der Waals surface area contributed by atoms with Crippen molar-refractivity contribution < 1.29 is 9.53 Å². The predicted molar refractivity (Wildman–Crippen MR) is 115 cm³/mol. The molecular formula is C23H26N4O2. The van der Waals surface area contributed by atoms with Gasteiger partial charge in [-0.25, -0.2) is 9.97 Å². The van der Waals surface area contributed by atoms with Crippen LogP contribution in [0.4, 0.5) is 11.5 Å². The number of hydrogen-bond donors (Lipinski definition) is 2. The van der Waals surface area contributed by atoms with E-state index >= 15 is 0 Å². The first-order valence-electron chi connectivity index (χ1n) is 9.62. The van der Waals surface area contributed by atoms with Crippen LogP contribution in [0.2, 0.25) is 0 Å². The fourth-order valence-electron chi connectivity index (χ4n) is 3.05. The fourth-order valence-corrected chi connectivity index (χ4v) is 3.05. The number of methoxy groups -OCH3 is 1. The minimum atomic E-state index is -0.232. The van der Waals surface area contributed by atoms with Crippen molar-refractivity contribution in [3.63, 3.8) is 0 Å². The molecule has 3 aromatic rings. The second-order valence-corrected chi connectivity index (χ2v) is 6.93. The number of aromatic nitrogens is 2. The molecule has 1 heterocycles. The topological polar surface area (TPSA) is 76.1 Å². The molecule has 0 aliphatic carbocycles. The average molecular weight is 390 g/mol. The smallest absolute Gasteiger partial charge is 0.270 e. The molecule has 0 atom stereocenters. The van der Waals surface area contributed by atoms with Crippen LogP contribution in [0.3, 0.4) is 0 Å². The molecule has 150 valence electrons. The summed E-state index contributed by atoms with van der Waals surface area (Å²) in [4.78, 5) is 21.7. The van der Waals surface area contributed by atoms with Crippen molar-refractivity contribution in [3.05, 3.63) is 71.4 Å². The Kier molecular flexibility index (Phi) is 6.92. The first kappa shape index (κ1) is 20.5. The molecule has 1 aromatic heterocycles. The van der Waals surface area contributed by atoms with Gasteiger partial charge in [-0.2, -0.15) is 0 Å². The maximum Gasteiger partial charge on any atom is 0.270 e. The lowest BCUT2D eigenvalue weighted by Crippen LogP contribution is -2.26. The monoisotopic (exact) mass is 390 g/mol. The van der Waals surface area contributed by atoms with Crippen LogP contribution in [0.25, 0.3) is 11.4 Å². The van der Waals surface area contributed by atoms with Crippen molar-refractivity contribution in [3.8, 4) is 11.4 Å². The quantitative estimate of drug-likeness (QED) is 0.562. The van der Waals surface area contributed by atoms with Crippen molar-refractivity contribution in [2.75, 3.05) is 25.6 Å². The van der Waals surface area contributed by atoms with Crippen LogP contribution in [0.15, 0.2) is 54.6 Å². The Morgan fingerprint density at radius 2 is 1.72 bits per heavy atom.